The fourth-order valence-electron chi connectivity index (χ4n) is 2.03. The lowest BCUT2D eigenvalue weighted by atomic mass is 9.92. The van der Waals surface area contributed by atoms with E-state index in [-0.39, 0.29) is 5.41 Å². The quantitative estimate of drug-likeness (QED) is 0.873. The lowest BCUT2D eigenvalue weighted by molar-refractivity contribution is 0.502. The van der Waals surface area contributed by atoms with Gasteiger partial charge in [0, 0.05) is 17.9 Å². The number of nitrogen functional groups attached to an aromatic ring is 1. The van der Waals surface area contributed by atoms with Crippen LogP contribution in [-0.2, 0) is 12.0 Å². The number of hydrogen-bond donors (Lipinski definition) is 1. The molecule has 0 aliphatic rings. The van der Waals surface area contributed by atoms with E-state index in [0.29, 0.717) is 11.8 Å². The van der Waals surface area contributed by atoms with Crippen LogP contribution in [0.5, 0.6) is 0 Å². The summed E-state index contributed by atoms with van der Waals surface area (Å²) in [5.41, 5.74) is 7.32. The van der Waals surface area contributed by atoms with E-state index in [9.17, 15) is 0 Å². The minimum Gasteiger partial charge on any atom is -0.384 e. The van der Waals surface area contributed by atoms with Crippen LogP contribution >= 0.6 is 0 Å². The Morgan fingerprint density at radius 3 is 2.06 bits per heavy atom. The molecule has 98 valence electrons. The molecule has 0 fully saturated rings. The molecule has 0 aliphatic heterocycles. The second-order valence-corrected chi connectivity index (χ2v) is 6.61. The van der Waals surface area contributed by atoms with E-state index >= 15 is 0 Å². The maximum atomic E-state index is 6.28. The number of anilines is 1. The number of nitrogens with zero attached hydrogens (tertiary/aromatic N) is 2. The lowest BCUT2D eigenvalue weighted by Crippen LogP contribution is -2.16. The first-order valence-corrected chi connectivity index (χ1v) is 6.51. The highest BCUT2D eigenvalue weighted by atomic mass is 15.1. The van der Waals surface area contributed by atoms with Gasteiger partial charge < -0.3 is 10.3 Å². The summed E-state index contributed by atoms with van der Waals surface area (Å²) in [6, 6.07) is 0. The molecule has 0 radical (unpaired) electrons. The van der Waals surface area contributed by atoms with Gasteiger partial charge in [0.2, 0.25) is 0 Å². The molecule has 0 bridgehead atoms. The highest BCUT2D eigenvalue weighted by Crippen LogP contribution is 2.30. The van der Waals surface area contributed by atoms with Gasteiger partial charge in [-0.15, -0.1) is 0 Å². The fourth-order valence-corrected chi connectivity index (χ4v) is 2.03. The molecule has 2 N–H and O–H groups in total. The molecule has 0 aromatic carbocycles. The standard InChI is InChI=1S/C14H27N3/c1-9(2)8-17-12(15)11(14(5,6)7)16-13(17)10(3)4/h9-10H,8,15H2,1-7H3. The van der Waals surface area contributed by atoms with E-state index in [1.165, 1.54) is 0 Å². The Morgan fingerprint density at radius 1 is 1.18 bits per heavy atom. The summed E-state index contributed by atoms with van der Waals surface area (Å²) < 4.78 is 2.19. The molecule has 0 unspecified atom stereocenters. The highest BCUT2D eigenvalue weighted by Gasteiger charge is 2.25. The third kappa shape index (κ3) is 3.02. The molecule has 0 atom stereocenters. The van der Waals surface area contributed by atoms with Gasteiger partial charge in [-0.25, -0.2) is 4.98 Å². The van der Waals surface area contributed by atoms with E-state index in [1.54, 1.807) is 0 Å². The van der Waals surface area contributed by atoms with E-state index in [0.717, 1.165) is 23.9 Å². The van der Waals surface area contributed by atoms with Crippen LogP contribution in [0.25, 0.3) is 0 Å². The van der Waals surface area contributed by atoms with E-state index < -0.39 is 0 Å². The molecule has 1 aromatic rings. The first kappa shape index (κ1) is 14.1. The van der Waals surface area contributed by atoms with Gasteiger partial charge in [-0.2, -0.15) is 0 Å². The summed E-state index contributed by atoms with van der Waals surface area (Å²) in [6.45, 7) is 16.2. The van der Waals surface area contributed by atoms with Crippen molar-refractivity contribution in [3.8, 4) is 0 Å². The Kier molecular flexibility index (Phi) is 3.90. The topological polar surface area (TPSA) is 43.8 Å². The van der Waals surface area contributed by atoms with Crippen molar-refractivity contribution in [2.75, 3.05) is 5.73 Å². The Bertz CT molecular complexity index is 381. The minimum absolute atomic E-state index is 0.00987. The third-order valence-corrected chi connectivity index (χ3v) is 2.81. The van der Waals surface area contributed by atoms with Crippen LogP contribution in [0.2, 0.25) is 0 Å². The van der Waals surface area contributed by atoms with E-state index in [4.69, 9.17) is 10.7 Å². The molecule has 1 rings (SSSR count). The second-order valence-electron chi connectivity index (χ2n) is 6.61. The monoisotopic (exact) mass is 237 g/mol. The lowest BCUT2D eigenvalue weighted by Gasteiger charge is -2.17. The number of rotatable bonds is 3. The highest BCUT2D eigenvalue weighted by molar-refractivity contribution is 5.43. The first-order chi connectivity index (χ1) is 7.64. The largest absolute Gasteiger partial charge is 0.384 e. The van der Waals surface area contributed by atoms with Gasteiger partial charge in [0.15, 0.2) is 0 Å². The summed E-state index contributed by atoms with van der Waals surface area (Å²) >= 11 is 0. The van der Waals surface area contributed by atoms with Gasteiger partial charge in [-0.05, 0) is 5.92 Å². The zero-order chi connectivity index (χ0) is 13.4. The number of aromatic nitrogens is 2. The molecule has 1 aromatic heterocycles. The van der Waals surface area contributed by atoms with Gasteiger partial charge in [-0.1, -0.05) is 48.5 Å². The van der Waals surface area contributed by atoms with Crippen LogP contribution in [0, 0.1) is 5.92 Å². The smallest absolute Gasteiger partial charge is 0.127 e. The Hall–Kier alpha value is -0.990. The van der Waals surface area contributed by atoms with Crippen molar-refractivity contribution >= 4 is 5.82 Å². The van der Waals surface area contributed by atoms with Crippen LogP contribution in [0.15, 0.2) is 0 Å². The third-order valence-electron chi connectivity index (χ3n) is 2.81. The zero-order valence-corrected chi connectivity index (χ0v) is 12.3. The van der Waals surface area contributed by atoms with Crippen LogP contribution in [0.4, 0.5) is 5.82 Å². The van der Waals surface area contributed by atoms with Crippen molar-refractivity contribution in [3.63, 3.8) is 0 Å². The van der Waals surface area contributed by atoms with Crippen LogP contribution in [0.3, 0.4) is 0 Å². The number of nitrogens with two attached hydrogens (primary N) is 1. The maximum absolute atomic E-state index is 6.28. The normalized spacial score (nSPS) is 12.8. The van der Waals surface area contributed by atoms with Crippen molar-refractivity contribution in [2.24, 2.45) is 5.92 Å². The molecule has 0 saturated carbocycles. The molecule has 3 nitrogen and oxygen atoms in total. The molecule has 0 saturated heterocycles. The van der Waals surface area contributed by atoms with Gasteiger partial charge >= 0.3 is 0 Å². The van der Waals surface area contributed by atoms with Crippen molar-refractivity contribution < 1.29 is 0 Å². The predicted octanol–water partition coefficient (Wildman–Crippen LogP) is 3.54. The van der Waals surface area contributed by atoms with E-state index in [2.05, 4.69) is 53.0 Å². The van der Waals surface area contributed by atoms with Crippen LogP contribution in [0.1, 0.15) is 65.9 Å². The average molecular weight is 237 g/mol. The minimum atomic E-state index is 0.00987. The van der Waals surface area contributed by atoms with Crippen molar-refractivity contribution in [1.29, 1.82) is 0 Å². The Labute approximate surface area is 105 Å². The van der Waals surface area contributed by atoms with E-state index in [1.807, 2.05) is 0 Å². The van der Waals surface area contributed by atoms with Crippen molar-refractivity contribution in [3.05, 3.63) is 11.5 Å². The molecular formula is C14H27N3. The Balaban J connectivity index is 3.30. The van der Waals surface area contributed by atoms with Crippen molar-refractivity contribution in [2.45, 2.75) is 66.3 Å². The fraction of sp³-hybridized carbons (Fsp3) is 0.786. The second kappa shape index (κ2) is 4.71. The summed E-state index contributed by atoms with van der Waals surface area (Å²) in [5.74, 6) is 2.94. The SMILES string of the molecule is CC(C)Cn1c(C(C)C)nc(C(C)(C)C)c1N. The molecule has 0 aliphatic carbocycles. The summed E-state index contributed by atoms with van der Waals surface area (Å²) in [5, 5.41) is 0. The molecule has 3 heteroatoms. The predicted molar refractivity (Wildman–Crippen MR) is 74.3 cm³/mol. The summed E-state index contributed by atoms with van der Waals surface area (Å²) in [6.07, 6.45) is 0. The molecule has 17 heavy (non-hydrogen) atoms. The van der Waals surface area contributed by atoms with Gasteiger partial charge in [0.05, 0.1) is 5.69 Å². The maximum Gasteiger partial charge on any atom is 0.127 e. The van der Waals surface area contributed by atoms with Crippen LogP contribution < -0.4 is 5.73 Å². The van der Waals surface area contributed by atoms with Crippen molar-refractivity contribution in [1.82, 2.24) is 9.55 Å². The van der Waals surface area contributed by atoms with Gasteiger partial charge in [-0.3, -0.25) is 0 Å². The number of hydrogen-bond acceptors (Lipinski definition) is 2. The average Bonchev–Trinajstić information content (AvgIpc) is 2.42. The number of imidazole rings is 1. The van der Waals surface area contributed by atoms with Gasteiger partial charge in [0.25, 0.3) is 0 Å². The first-order valence-electron chi connectivity index (χ1n) is 6.51. The Morgan fingerprint density at radius 2 is 1.71 bits per heavy atom. The molecule has 1 heterocycles. The molecule has 0 spiro atoms. The molecular weight excluding hydrogens is 210 g/mol. The van der Waals surface area contributed by atoms with Gasteiger partial charge in [0.1, 0.15) is 11.6 Å². The van der Waals surface area contributed by atoms with Crippen LogP contribution in [-0.4, -0.2) is 9.55 Å². The summed E-state index contributed by atoms with van der Waals surface area (Å²) in [7, 11) is 0. The summed E-state index contributed by atoms with van der Waals surface area (Å²) in [4.78, 5) is 4.77. The zero-order valence-electron chi connectivity index (χ0n) is 12.3. The molecule has 0 amide bonds.